The fraction of sp³-hybridized carbons (Fsp3) is 0.182. The topological polar surface area (TPSA) is 47.2 Å². The quantitative estimate of drug-likeness (QED) is 0.759. The zero-order valence-corrected chi connectivity index (χ0v) is 10.8. The Morgan fingerprint density at radius 3 is 2.60 bits per heavy atom. The summed E-state index contributed by atoms with van der Waals surface area (Å²) in [5.74, 6) is -2.78. The third-order valence-electron chi connectivity index (χ3n) is 2.25. The molecule has 0 unspecified atom stereocenters. The fourth-order valence-electron chi connectivity index (χ4n) is 1.34. The molecular formula is C11H7F4N3OS. The van der Waals surface area contributed by atoms with Gasteiger partial charge in [-0.25, -0.2) is 9.07 Å². The first-order valence-electron chi connectivity index (χ1n) is 5.24. The highest BCUT2D eigenvalue weighted by Gasteiger charge is 2.38. The summed E-state index contributed by atoms with van der Waals surface area (Å²) in [4.78, 5) is 13.5. The van der Waals surface area contributed by atoms with Gasteiger partial charge in [0.1, 0.15) is 10.8 Å². The lowest BCUT2D eigenvalue weighted by atomic mass is 10.2. The Morgan fingerprint density at radius 2 is 2.00 bits per heavy atom. The van der Waals surface area contributed by atoms with E-state index in [4.69, 9.17) is 0 Å². The minimum Gasteiger partial charge on any atom is -0.262 e. The van der Waals surface area contributed by atoms with E-state index in [0.717, 1.165) is 4.68 Å². The van der Waals surface area contributed by atoms with Crippen LogP contribution < -0.4 is 4.80 Å². The molecule has 0 saturated carbocycles. The van der Waals surface area contributed by atoms with Crippen LogP contribution in [0.1, 0.15) is 0 Å². The molecule has 0 aliphatic heterocycles. The van der Waals surface area contributed by atoms with E-state index in [-0.39, 0.29) is 15.4 Å². The van der Waals surface area contributed by atoms with Crippen LogP contribution in [0.15, 0.2) is 29.3 Å². The van der Waals surface area contributed by atoms with Crippen molar-refractivity contribution in [2.45, 2.75) is 6.18 Å². The van der Waals surface area contributed by atoms with E-state index in [0.29, 0.717) is 11.3 Å². The number of amides is 1. The number of halogens is 4. The van der Waals surface area contributed by atoms with E-state index in [1.165, 1.54) is 25.2 Å². The zero-order chi connectivity index (χ0) is 14.9. The molecule has 0 spiro atoms. The van der Waals surface area contributed by atoms with Gasteiger partial charge in [-0.05, 0) is 12.1 Å². The highest BCUT2D eigenvalue weighted by atomic mass is 32.1. The second-order valence-electron chi connectivity index (χ2n) is 3.71. The molecule has 1 amide bonds. The van der Waals surface area contributed by atoms with Gasteiger partial charge in [-0.3, -0.25) is 4.79 Å². The van der Waals surface area contributed by atoms with Crippen molar-refractivity contribution in [2.75, 3.05) is 0 Å². The van der Waals surface area contributed by atoms with E-state index in [1.807, 2.05) is 0 Å². The van der Waals surface area contributed by atoms with Crippen LogP contribution in [0.3, 0.4) is 0 Å². The monoisotopic (exact) mass is 305 g/mol. The summed E-state index contributed by atoms with van der Waals surface area (Å²) >= 11 is 0.696. The second-order valence-corrected chi connectivity index (χ2v) is 4.66. The van der Waals surface area contributed by atoms with Crippen LogP contribution in [0.25, 0.3) is 10.6 Å². The second kappa shape index (κ2) is 5.16. The lowest BCUT2D eigenvalue weighted by molar-refractivity contribution is -0.169. The molecule has 0 bridgehead atoms. The normalized spacial score (nSPS) is 12.8. The van der Waals surface area contributed by atoms with Crippen LogP contribution in [-0.2, 0) is 11.8 Å². The van der Waals surface area contributed by atoms with Gasteiger partial charge in [0.15, 0.2) is 0 Å². The average Bonchev–Trinajstić information content (AvgIpc) is 2.70. The minimum absolute atomic E-state index is 0.133. The van der Waals surface area contributed by atoms with Crippen LogP contribution in [0.2, 0.25) is 0 Å². The van der Waals surface area contributed by atoms with Crippen LogP contribution in [0.5, 0.6) is 0 Å². The molecule has 2 aromatic rings. The summed E-state index contributed by atoms with van der Waals surface area (Å²) < 4.78 is 50.9. The molecular weight excluding hydrogens is 298 g/mol. The van der Waals surface area contributed by atoms with Crippen molar-refractivity contribution in [3.63, 3.8) is 0 Å². The Bertz CT molecular complexity index is 717. The lowest BCUT2D eigenvalue weighted by Gasteiger charge is -1.97. The molecule has 0 radical (unpaired) electrons. The van der Waals surface area contributed by atoms with Crippen molar-refractivity contribution < 1.29 is 22.4 Å². The first-order valence-corrected chi connectivity index (χ1v) is 6.05. The van der Waals surface area contributed by atoms with E-state index in [1.54, 1.807) is 6.07 Å². The summed E-state index contributed by atoms with van der Waals surface area (Å²) in [7, 11) is 1.32. The first-order chi connectivity index (χ1) is 9.29. The van der Waals surface area contributed by atoms with Crippen molar-refractivity contribution in [2.24, 2.45) is 12.0 Å². The predicted octanol–water partition coefficient (Wildman–Crippen LogP) is 2.28. The molecule has 0 atom stereocenters. The van der Waals surface area contributed by atoms with Crippen molar-refractivity contribution in [3.8, 4) is 10.6 Å². The van der Waals surface area contributed by atoms with E-state index in [9.17, 15) is 22.4 Å². The van der Waals surface area contributed by atoms with Gasteiger partial charge in [0, 0.05) is 12.6 Å². The maximum absolute atomic E-state index is 13.5. The Balaban J connectivity index is 2.49. The molecule has 106 valence electrons. The summed E-state index contributed by atoms with van der Waals surface area (Å²) in [6.07, 6.45) is -5.05. The average molecular weight is 305 g/mol. The Kier molecular flexibility index (Phi) is 3.71. The van der Waals surface area contributed by atoms with Gasteiger partial charge in [-0.2, -0.15) is 23.3 Å². The highest BCUT2D eigenvalue weighted by molar-refractivity contribution is 7.12. The number of rotatable bonds is 1. The van der Waals surface area contributed by atoms with Crippen molar-refractivity contribution in [1.29, 1.82) is 0 Å². The Morgan fingerprint density at radius 1 is 1.35 bits per heavy atom. The molecule has 1 heterocycles. The molecule has 0 aliphatic rings. The van der Waals surface area contributed by atoms with Gasteiger partial charge in [0.25, 0.3) is 0 Å². The summed E-state index contributed by atoms with van der Waals surface area (Å²) in [6.45, 7) is 0. The molecule has 0 aliphatic carbocycles. The Hall–Kier alpha value is -2.03. The van der Waals surface area contributed by atoms with Gasteiger partial charge in [-0.1, -0.05) is 23.5 Å². The minimum atomic E-state index is -5.05. The predicted molar refractivity (Wildman–Crippen MR) is 63.1 cm³/mol. The molecule has 9 heteroatoms. The summed E-state index contributed by atoms with van der Waals surface area (Å²) in [5.41, 5.74) is 0.133. The molecule has 1 aromatic heterocycles. The Labute approximate surface area is 114 Å². The number of aromatic nitrogens is 2. The van der Waals surface area contributed by atoms with E-state index >= 15 is 0 Å². The van der Waals surface area contributed by atoms with Crippen LogP contribution >= 0.6 is 11.3 Å². The number of benzene rings is 1. The molecule has 0 saturated heterocycles. The standard InChI is InChI=1S/C11H7F4N3OS/c1-18-10(16-9(19)11(13,14)15)20-8(17-18)6-4-2-3-5-7(6)12/h2-5H,1H3. The largest absolute Gasteiger partial charge is 0.473 e. The van der Waals surface area contributed by atoms with Crippen molar-refractivity contribution in [1.82, 2.24) is 9.78 Å². The molecule has 4 nitrogen and oxygen atoms in total. The summed E-state index contributed by atoms with van der Waals surface area (Å²) in [6, 6.07) is 5.68. The van der Waals surface area contributed by atoms with Crippen LogP contribution in [0.4, 0.5) is 17.6 Å². The smallest absolute Gasteiger partial charge is 0.262 e. The van der Waals surface area contributed by atoms with Gasteiger partial charge in [-0.15, -0.1) is 0 Å². The first kappa shape index (κ1) is 14.4. The van der Waals surface area contributed by atoms with E-state index in [2.05, 4.69) is 10.1 Å². The lowest BCUT2D eigenvalue weighted by Crippen LogP contribution is -2.24. The number of hydrogen-bond donors (Lipinski definition) is 0. The fourth-order valence-corrected chi connectivity index (χ4v) is 2.25. The molecule has 1 aromatic carbocycles. The number of hydrogen-bond acceptors (Lipinski definition) is 3. The molecule has 0 N–H and O–H groups in total. The third-order valence-corrected chi connectivity index (χ3v) is 3.28. The SMILES string of the molecule is Cn1nc(-c2ccccc2F)sc1=NC(=O)C(F)(F)F. The van der Waals surface area contributed by atoms with Gasteiger partial charge >= 0.3 is 12.1 Å². The number of alkyl halides is 3. The molecule has 2 rings (SSSR count). The van der Waals surface area contributed by atoms with Gasteiger partial charge < -0.3 is 0 Å². The van der Waals surface area contributed by atoms with Crippen molar-refractivity contribution >= 4 is 17.2 Å². The van der Waals surface area contributed by atoms with Crippen LogP contribution in [-0.4, -0.2) is 21.9 Å². The third kappa shape index (κ3) is 2.93. The highest BCUT2D eigenvalue weighted by Crippen LogP contribution is 2.22. The summed E-state index contributed by atoms with van der Waals surface area (Å²) in [5, 5.41) is 4.00. The maximum atomic E-state index is 13.5. The number of aryl methyl sites for hydroxylation is 1. The van der Waals surface area contributed by atoms with Gasteiger partial charge in [0.05, 0.1) is 0 Å². The van der Waals surface area contributed by atoms with E-state index < -0.39 is 17.9 Å². The molecule has 0 fully saturated rings. The molecule has 20 heavy (non-hydrogen) atoms. The number of nitrogens with zero attached hydrogens (tertiary/aromatic N) is 3. The van der Waals surface area contributed by atoms with Crippen molar-refractivity contribution in [3.05, 3.63) is 34.9 Å². The number of carbonyl (C=O) groups excluding carboxylic acids is 1. The van der Waals surface area contributed by atoms with Gasteiger partial charge in [0.2, 0.25) is 4.80 Å². The zero-order valence-electron chi connectivity index (χ0n) is 9.98. The number of carbonyl (C=O) groups is 1. The van der Waals surface area contributed by atoms with Crippen LogP contribution in [0, 0.1) is 5.82 Å². The maximum Gasteiger partial charge on any atom is 0.473 e.